The van der Waals surface area contributed by atoms with Crippen molar-refractivity contribution in [1.82, 2.24) is 14.9 Å². The second-order valence-corrected chi connectivity index (χ2v) is 9.13. The molecule has 0 saturated carbocycles. The number of hydrogen-bond acceptors (Lipinski definition) is 4. The molecule has 0 aliphatic rings. The molecule has 1 amide bonds. The summed E-state index contributed by atoms with van der Waals surface area (Å²) in [6.07, 6.45) is 6.16. The molecule has 0 fully saturated rings. The molecule has 0 bridgehead atoms. The summed E-state index contributed by atoms with van der Waals surface area (Å²) in [6, 6.07) is 18.5. The second kappa shape index (κ2) is 10.6. The minimum absolute atomic E-state index is 0.00921. The van der Waals surface area contributed by atoms with Crippen LogP contribution in [-0.2, 0) is 17.8 Å². The zero-order valence-corrected chi connectivity index (χ0v) is 20.3. The summed E-state index contributed by atoms with van der Waals surface area (Å²) < 4.78 is 2.38. The van der Waals surface area contributed by atoms with Gasteiger partial charge in [0.1, 0.15) is 6.54 Å². The lowest BCUT2D eigenvalue weighted by atomic mass is 10.0. The van der Waals surface area contributed by atoms with Crippen molar-refractivity contribution < 1.29 is 9.59 Å². The van der Waals surface area contributed by atoms with Crippen LogP contribution in [0, 0.1) is 0 Å². The maximum Gasteiger partial charge on any atom is 0.240 e. The number of ketones is 1. The van der Waals surface area contributed by atoms with Crippen molar-refractivity contribution in [2.45, 2.75) is 32.4 Å². The Morgan fingerprint density at radius 1 is 1.06 bits per heavy atom. The van der Waals surface area contributed by atoms with Crippen molar-refractivity contribution in [2.75, 3.05) is 0 Å². The molecule has 6 nitrogen and oxygen atoms in total. The van der Waals surface area contributed by atoms with Crippen LogP contribution < -0.4 is 10.7 Å². The third-order valence-corrected chi connectivity index (χ3v) is 6.15. The van der Waals surface area contributed by atoms with Crippen molar-refractivity contribution in [1.29, 1.82) is 0 Å². The lowest BCUT2D eigenvalue weighted by molar-refractivity contribution is -0.122. The first-order valence-corrected chi connectivity index (χ1v) is 11.8. The van der Waals surface area contributed by atoms with Crippen LogP contribution in [0.5, 0.6) is 0 Å². The minimum atomic E-state index is -0.403. The summed E-state index contributed by atoms with van der Waals surface area (Å²) in [6.45, 7) is 1.96. The van der Waals surface area contributed by atoms with Crippen molar-refractivity contribution >= 4 is 38.5 Å². The number of nitrogens with zero attached hydrogens (tertiary/aromatic N) is 2. The highest BCUT2D eigenvalue weighted by molar-refractivity contribution is 9.10. The van der Waals surface area contributed by atoms with Gasteiger partial charge in [-0.2, -0.15) is 0 Å². The highest BCUT2D eigenvalue weighted by Crippen LogP contribution is 2.19. The van der Waals surface area contributed by atoms with Crippen LogP contribution in [0.25, 0.3) is 10.9 Å². The molecule has 1 N–H and O–H groups in total. The van der Waals surface area contributed by atoms with Gasteiger partial charge in [-0.1, -0.05) is 46.3 Å². The Kier molecular flexibility index (Phi) is 7.33. The van der Waals surface area contributed by atoms with E-state index in [2.05, 4.69) is 38.4 Å². The van der Waals surface area contributed by atoms with Gasteiger partial charge < -0.3 is 9.88 Å². The number of fused-ring (bicyclic) bond motifs is 1. The number of aryl methyl sites for hydroxylation is 1. The summed E-state index contributed by atoms with van der Waals surface area (Å²) in [5.41, 5.74) is 1.83. The molecule has 0 aliphatic heterocycles. The Bertz CT molecular complexity index is 1390. The van der Waals surface area contributed by atoms with Gasteiger partial charge in [-0.25, -0.2) is 0 Å². The maximum atomic E-state index is 13.2. The number of aromatic nitrogens is 2. The molecule has 7 heteroatoms. The molecule has 0 spiro atoms. The average Bonchev–Trinajstić information content (AvgIpc) is 2.85. The molecule has 0 saturated heterocycles. The van der Waals surface area contributed by atoms with Gasteiger partial charge in [0.2, 0.25) is 11.3 Å². The van der Waals surface area contributed by atoms with Gasteiger partial charge in [-0.05, 0) is 55.7 Å². The van der Waals surface area contributed by atoms with Crippen LogP contribution in [0.1, 0.15) is 34.8 Å². The Morgan fingerprint density at radius 2 is 1.79 bits per heavy atom. The Morgan fingerprint density at radius 3 is 2.53 bits per heavy atom. The number of benzene rings is 2. The first kappa shape index (κ1) is 23.6. The number of carbonyl (C=O) groups excluding carboxylic acids is 2. The standard InChI is InChI=1S/C27H24BrN3O3/c1-18(7-8-19-5-3-2-4-6-19)30-25(32)17-31-16-23(26(33)20-11-13-29-14-12-20)27(34)22-15-21(28)9-10-24(22)31/h2-6,9-16,18H,7-8,17H2,1H3,(H,30,32)/t18-/m1/s1. The fourth-order valence-electron chi connectivity index (χ4n) is 3.90. The largest absolute Gasteiger partial charge is 0.352 e. The first-order valence-electron chi connectivity index (χ1n) is 11.0. The summed E-state index contributed by atoms with van der Waals surface area (Å²) in [5.74, 6) is -0.588. The fraction of sp³-hybridized carbons (Fsp3) is 0.185. The molecule has 2 aromatic heterocycles. The predicted molar refractivity (Wildman–Crippen MR) is 136 cm³/mol. The molecule has 2 heterocycles. The fourth-order valence-corrected chi connectivity index (χ4v) is 4.26. The van der Waals surface area contributed by atoms with Crippen LogP contribution in [0.3, 0.4) is 0 Å². The van der Waals surface area contributed by atoms with E-state index >= 15 is 0 Å². The van der Waals surface area contributed by atoms with Crippen molar-refractivity contribution in [3.8, 4) is 0 Å². The normalized spacial score (nSPS) is 11.8. The topological polar surface area (TPSA) is 81.1 Å². The Hall–Kier alpha value is -3.58. The van der Waals surface area contributed by atoms with Crippen LogP contribution in [0.15, 0.2) is 88.5 Å². The van der Waals surface area contributed by atoms with Crippen molar-refractivity contribution in [3.63, 3.8) is 0 Å². The SMILES string of the molecule is C[C@H](CCc1ccccc1)NC(=O)Cn1cc(C(=O)c2ccncc2)c(=O)c2cc(Br)ccc21. The zero-order chi connectivity index (χ0) is 24.1. The highest BCUT2D eigenvalue weighted by atomic mass is 79.9. The van der Waals surface area contributed by atoms with Gasteiger partial charge in [-0.3, -0.25) is 19.4 Å². The lowest BCUT2D eigenvalue weighted by Crippen LogP contribution is -2.36. The van der Waals surface area contributed by atoms with Crippen LogP contribution in [0.2, 0.25) is 0 Å². The number of nitrogens with one attached hydrogen (secondary N) is 1. The Balaban J connectivity index is 1.58. The summed E-state index contributed by atoms with van der Waals surface area (Å²) in [7, 11) is 0. The molecule has 4 aromatic rings. The third-order valence-electron chi connectivity index (χ3n) is 5.66. The quantitative estimate of drug-likeness (QED) is 0.348. The van der Waals surface area contributed by atoms with Crippen molar-refractivity contribution in [3.05, 3.63) is 111 Å². The van der Waals surface area contributed by atoms with E-state index in [0.717, 1.165) is 17.3 Å². The number of hydrogen-bond donors (Lipinski definition) is 1. The van der Waals surface area contributed by atoms with E-state index in [9.17, 15) is 14.4 Å². The molecule has 2 aromatic carbocycles. The van der Waals surface area contributed by atoms with E-state index in [4.69, 9.17) is 0 Å². The molecule has 172 valence electrons. The molecule has 0 aliphatic carbocycles. The summed E-state index contributed by atoms with van der Waals surface area (Å²) in [4.78, 5) is 43.0. The number of carbonyl (C=O) groups is 2. The lowest BCUT2D eigenvalue weighted by Gasteiger charge is -2.17. The second-order valence-electron chi connectivity index (χ2n) is 8.22. The zero-order valence-electron chi connectivity index (χ0n) is 18.7. The van der Waals surface area contributed by atoms with E-state index in [-0.39, 0.29) is 29.5 Å². The van der Waals surface area contributed by atoms with Gasteiger partial charge in [0.05, 0.1) is 11.1 Å². The molecular weight excluding hydrogens is 494 g/mol. The number of rotatable bonds is 8. The molecular formula is C27H24BrN3O3. The molecule has 34 heavy (non-hydrogen) atoms. The van der Waals surface area contributed by atoms with E-state index in [1.54, 1.807) is 28.8 Å². The highest BCUT2D eigenvalue weighted by Gasteiger charge is 2.19. The maximum absolute atomic E-state index is 13.2. The van der Waals surface area contributed by atoms with Crippen LogP contribution in [0.4, 0.5) is 0 Å². The smallest absolute Gasteiger partial charge is 0.240 e. The summed E-state index contributed by atoms with van der Waals surface area (Å²) >= 11 is 3.40. The molecule has 0 radical (unpaired) electrons. The minimum Gasteiger partial charge on any atom is -0.352 e. The van der Waals surface area contributed by atoms with E-state index in [1.807, 2.05) is 31.2 Å². The van der Waals surface area contributed by atoms with Crippen molar-refractivity contribution in [2.24, 2.45) is 0 Å². The molecule has 1 atom stereocenters. The third kappa shape index (κ3) is 5.48. The van der Waals surface area contributed by atoms with E-state index < -0.39 is 5.78 Å². The van der Waals surface area contributed by atoms with Gasteiger partial charge >= 0.3 is 0 Å². The van der Waals surface area contributed by atoms with Crippen LogP contribution in [-0.4, -0.2) is 27.3 Å². The van der Waals surface area contributed by atoms with Gasteiger partial charge in [0, 0.05) is 40.1 Å². The average molecular weight is 518 g/mol. The van der Waals surface area contributed by atoms with Gasteiger partial charge in [0.25, 0.3) is 0 Å². The van der Waals surface area contributed by atoms with E-state index in [0.29, 0.717) is 16.5 Å². The number of amides is 1. The number of pyridine rings is 2. The van der Waals surface area contributed by atoms with Gasteiger partial charge in [0.15, 0.2) is 5.78 Å². The monoisotopic (exact) mass is 517 g/mol. The van der Waals surface area contributed by atoms with Crippen LogP contribution >= 0.6 is 15.9 Å². The Labute approximate surface area is 205 Å². The van der Waals surface area contributed by atoms with Gasteiger partial charge in [-0.15, -0.1) is 0 Å². The number of halogens is 1. The predicted octanol–water partition coefficient (Wildman–Crippen LogP) is 4.53. The molecule has 0 unspecified atom stereocenters. The van der Waals surface area contributed by atoms with E-state index in [1.165, 1.54) is 24.2 Å². The molecule has 4 rings (SSSR count). The first-order chi connectivity index (χ1) is 16.4. The summed E-state index contributed by atoms with van der Waals surface area (Å²) in [5, 5.41) is 3.40.